The Labute approximate surface area is 181 Å². The number of hydrogen-bond acceptors (Lipinski definition) is 4. The second kappa shape index (κ2) is 8.53. The van der Waals surface area contributed by atoms with Crippen LogP contribution in [0.5, 0.6) is 0 Å². The normalized spacial score (nSPS) is 13.6. The molecule has 3 aromatic carbocycles. The van der Waals surface area contributed by atoms with Crippen molar-refractivity contribution in [1.82, 2.24) is 0 Å². The smallest absolute Gasteiger partial charge is 0.264 e. The van der Waals surface area contributed by atoms with Crippen molar-refractivity contribution in [1.29, 1.82) is 0 Å². The molecule has 3 aromatic rings. The summed E-state index contributed by atoms with van der Waals surface area (Å²) < 4.78 is 28.2. The molecule has 0 saturated heterocycles. The average molecular weight is 439 g/mol. The number of amides is 1. The molecule has 30 heavy (non-hydrogen) atoms. The van der Waals surface area contributed by atoms with Gasteiger partial charge in [0.15, 0.2) is 0 Å². The summed E-state index contributed by atoms with van der Waals surface area (Å²) in [5.41, 5.74) is 2.71. The maximum Gasteiger partial charge on any atom is 0.264 e. The number of para-hydroxylation sites is 1. The Balaban J connectivity index is 1.62. The van der Waals surface area contributed by atoms with Crippen molar-refractivity contribution in [3.8, 4) is 0 Å². The predicted octanol–water partition coefficient (Wildman–Crippen LogP) is 4.80. The minimum atomic E-state index is -3.76. The van der Waals surface area contributed by atoms with Gasteiger partial charge in [-0.2, -0.15) is 0 Å². The Morgan fingerprint density at radius 2 is 1.80 bits per heavy atom. The fourth-order valence-corrected chi connectivity index (χ4v) is 5.62. The first-order valence-electron chi connectivity index (χ1n) is 9.65. The molecule has 5 nitrogen and oxygen atoms in total. The number of fused-ring (bicyclic) bond motifs is 1. The number of sulfonamides is 1. The van der Waals surface area contributed by atoms with Crippen LogP contribution in [-0.2, 0) is 16.4 Å². The molecule has 7 heteroatoms. The molecule has 4 rings (SSSR count). The molecule has 0 bridgehead atoms. The van der Waals surface area contributed by atoms with E-state index in [0.29, 0.717) is 23.5 Å². The zero-order valence-corrected chi connectivity index (χ0v) is 18.2. The molecule has 0 spiro atoms. The van der Waals surface area contributed by atoms with Gasteiger partial charge in [-0.25, -0.2) is 8.42 Å². The summed E-state index contributed by atoms with van der Waals surface area (Å²) in [6, 6.07) is 21.3. The van der Waals surface area contributed by atoms with E-state index < -0.39 is 10.0 Å². The van der Waals surface area contributed by atoms with Crippen LogP contribution in [0.4, 0.5) is 11.4 Å². The number of nitrogens with zero attached hydrogens (tertiary/aromatic N) is 1. The lowest BCUT2D eigenvalue weighted by molar-refractivity contribution is 0.102. The number of nitrogens with one attached hydrogen (secondary N) is 1. The zero-order chi connectivity index (χ0) is 21.1. The van der Waals surface area contributed by atoms with Gasteiger partial charge in [0.2, 0.25) is 0 Å². The van der Waals surface area contributed by atoms with E-state index in [1.54, 1.807) is 23.9 Å². The number of carbonyl (C=O) groups excluding carboxylic acids is 1. The third kappa shape index (κ3) is 4.08. The monoisotopic (exact) mass is 438 g/mol. The topological polar surface area (TPSA) is 66.5 Å². The minimum Gasteiger partial charge on any atom is -0.322 e. The lowest BCUT2D eigenvalue weighted by atomic mass is 10.0. The fraction of sp³-hybridized carbons (Fsp3) is 0.174. The van der Waals surface area contributed by atoms with Gasteiger partial charge in [0.25, 0.3) is 15.9 Å². The first kappa shape index (κ1) is 20.5. The standard InChI is InChI=1S/C23H22N2O3S2/c1-29-20-11-5-10-19(16-20)24-23(26)18-8-4-12-21(15-18)30(27,28)25-14-6-9-17-7-2-3-13-22(17)25/h2-5,7-8,10-13,15-16H,6,9,14H2,1H3,(H,24,26). The maximum atomic E-state index is 13.4. The summed E-state index contributed by atoms with van der Waals surface area (Å²) in [7, 11) is -3.76. The van der Waals surface area contributed by atoms with Crippen molar-refractivity contribution in [3.05, 3.63) is 83.9 Å². The Bertz CT molecular complexity index is 1190. The van der Waals surface area contributed by atoms with Crippen LogP contribution in [0, 0.1) is 0 Å². The SMILES string of the molecule is CSc1cccc(NC(=O)c2cccc(S(=O)(=O)N3CCCc4ccccc43)c2)c1. The predicted molar refractivity (Wildman–Crippen MR) is 122 cm³/mol. The average Bonchev–Trinajstić information content (AvgIpc) is 2.79. The van der Waals surface area contributed by atoms with Crippen molar-refractivity contribution in [3.63, 3.8) is 0 Å². The van der Waals surface area contributed by atoms with Crippen molar-refractivity contribution in [2.24, 2.45) is 0 Å². The van der Waals surface area contributed by atoms with Gasteiger partial charge in [-0.3, -0.25) is 9.10 Å². The second-order valence-electron chi connectivity index (χ2n) is 7.02. The third-order valence-corrected chi connectivity index (χ3v) is 7.61. The Morgan fingerprint density at radius 3 is 2.63 bits per heavy atom. The van der Waals surface area contributed by atoms with Crippen LogP contribution in [0.25, 0.3) is 0 Å². The van der Waals surface area contributed by atoms with E-state index >= 15 is 0 Å². The molecular formula is C23H22N2O3S2. The lowest BCUT2D eigenvalue weighted by Crippen LogP contribution is -2.35. The van der Waals surface area contributed by atoms with E-state index in [1.165, 1.54) is 16.4 Å². The molecule has 1 amide bonds. The Hall–Kier alpha value is -2.77. The van der Waals surface area contributed by atoms with E-state index in [9.17, 15) is 13.2 Å². The molecule has 1 N–H and O–H groups in total. The summed E-state index contributed by atoms with van der Waals surface area (Å²) in [5.74, 6) is -0.343. The van der Waals surface area contributed by atoms with Gasteiger partial charge < -0.3 is 5.32 Å². The molecule has 0 radical (unpaired) electrons. The number of rotatable bonds is 5. The molecule has 0 fully saturated rings. The zero-order valence-electron chi connectivity index (χ0n) is 16.5. The second-order valence-corrected chi connectivity index (χ2v) is 9.77. The van der Waals surface area contributed by atoms with Crippen LogP contribution < -0.4 is 9.62 Å². The molecule has 0 unspecified atom stereocenters. The largest absolute Gasteiger partial charge is 0.322 e. The lowest BCUT2D eigenvalue weighted by Gasteiger charge is -2.30. The summed E-state index contributed by atoms with van der Waals surface area (Å²) in [5, 5.41) is 2.85. The number of benzene rings is 3. The Morgan fingerprint density at radius 1 is 1.00 bits per heavy atom. The molecule has 154 valence electrons. The highest BCUT2D eigenvalue weighted by atomic mass is 32.2. The number of aryl methyl sites for hydroxylation is 1. The minimum absolute atomic E-state index is 0.115. The van der Waals surface area contributed by atoms with Crippen LogP contribution in [0.1, 0.15) is 22.3 Å². The van der Waals surface area contributed by atoms with Crippen molar-refractivity contribution >= 4 is 39.1 Å². The summed E-state index contributed by atoms with van der Waals surface area (Å²) >= 11 is 1.59. The summed E-state index contributed by atoms with van der Waals surface area (Å²) in [6.45, 7) is 0.428. The number of carbonyl (C=O) groups is 1. The number of thioether (sulfide) groups is 1. The van der Waals surface area contributed by atoms with Crippen LogP contribution in [0.15, 0.2) is 82.6 Å². The molecular weight excluding hydrogens is 416 g/mol. The van der Waals surface area contributed by atoms with E-state index in [1.807, 2.05) is 54.8 Å². The van der Waals surface area contributed by atoms with Crippen molar-refractivity contribution < 1.29 is 13.2 Å². The fourth-order valence-electron chi connectivity index (χ4n) is 3.58. The van der Waals surface area contributed by atoms with Crippen LogP contribution in [0.2, 0.25) is 0 Å². The van der Waals surface area contributed by atoms with Gasteiger partial charge >= 0.3 is 0 Å². The highest BCUT2D eigenvalue weighted by Crippen LogP contribution is 2.32. The number of hydrogen-bond donors (Lipinski definition) is 1. The van der Waals surface area contributed by atoms with Crippen LogP contribution in [0.3, 0.4) is 0 Å². The third-order valence-electron chi connectivity index (χ3n) is 5.08. The van der Waals surface area contributed by atoms with Gasteiger partial charge in [-0.15, -0.1) is 11.8 Å². The van der Waals surface area contributed by atoms with Gasteiger partial charge in [0.05, 0.1) is 10.6 Å². The molecule has 0 atom stereocenters. The molecule has 1 aliphatic rings. The molecule has 1 heterocycles. The quantitative estimate of drug-likeness (QED) is 0.581. The van der Waals surface area contributed by atoms with Crippen molar-refractivity contribution in [2.45, 2.75) is 22.6 Å². The first-order chi connectivity index (χ1) is 14.5. The van der Waals surface area contributed by atoms with Gasteiger partial charge in [0.1, 0.15) is 0 Å². The molecule has 0 saturated carbocycles. The Kier molecular flexibility index (Phi) is 5.83. The molecule has 0 aliphatic carbocycles. The maximum absolute atomic E-state index is 13.4. The molecule has 0 aromatic heterocycles. The summed E-state index contributed by atoms with van der Waals surface area (Å²) in [4.78, 5) is 13.9. The highest BCUT2D eigenvalue weighted by Gasteiger charge is 2.29. The van der Waals surface area contributed by atoms with Crippen molar-refractivity contribution in [2.75, 3.05) is 22.4 Å². The van der Waals surface area contributed by atoms with E-state index in [-0.39, 0.29) is 10.8 Å². The highest BCUT2D eigenvalue weighted by molar-refractivity contribution is 7.98. The molecule has 1 aliphatic heterocycles. The first-order valence-corrected chi connectivity index (χ1v) is 12.3. The summed E-state index contributed by atoms with van der Waals surface area (Å²) in [6.07, 6.45) is 3.59. The van der Waals surface area contributed by atoms with Crippen LogP contribution in [-0.4, -0.2) is 27.1 Å². The van der Waals surface area contributed by atoms with Gasteiger partial charge in [0, 0.05) is 22.7 Å². The van der Waals surface area contributed by atoms with E-state index in [0.717, 1.165) is 23.3 Å². The van der Waals surface area contributed by atoms with E-state index in [4.69, 9.17) is 0 Å². The van der Waals surface area contributed by atoms with Crippen LogP contribution >= 0.6 is 11.8 Å². The van der Waals surface area contributed by atoms with Gasteiger partial charge in [-0.05, 0) is 67.1 Å². The van der Waals surface area contributed by atoms with E-state index in [2.05, 4.69) is 5.32 Å². The number of anilines is 2. The van der Waals surface area contributed by atoms with Gasteiger partial charge in [-0.1, -0.05) is 30.3 Å².